The average molecular weight is 214 g/mol. The molecule has 0 amide bonds. The minimum atomic E-state index is 0.164. The van der Waals surface area contributed by atoms with Crippen LogP contribution in [0.15, 0.2) is 36.5 Å². The molecule has 4 N–H and O–H groups in total. The summed E-state index contributed by atoms with van der Waals surface area (Å²) < 4.78 is 0. The monoisotopic (exact) mass is 214 g/mol. The molecule has 2 rings (SSSR count). The van der Waals surface area contributed by atoms with E-state index in [1.54, 1.807) is 6.20 Å². The van der Waals surface area contributed by atoms with Crippen LogP contribution in [0.25, 0.3) is 0 Å². The van der Waals surface area contributed by atoms with Crippen molar-refractivity contribution >= 4 is 11.6 Å². The summed E-state index contributed by atoms with van der Waals surface area (Å²) in [4.78, 5) is 8.25. The van der Waals surface area contributed by atoms with Gasteiger partial charge >= 0.3 is 0 Å². The van der Waals surface area contributed by atoms with Gasteiger partial charge in [0.05, 0.1) is 11.9 Å². The van der Waals surface area contributed by atoms with Crippen LogP contribution in [0.3, 0.4) is 0 Å². The fourth-order valence-corrected chi connectivity index (χ4v) is 1.55. The fraction of sp³-hybridized carbons (Fsp3) is 0.167. The first-order valence-corrected chi connectivity index (χ1v) is 5.11. The van der Waals surface area contributed by atoms with E-state index in [-0.39, 0.29) is 11.7 Å². The Balaban J connectivity index is 2.34. The van der Waals surface area contributed by atoms with Crippen LogP contribution in [0.4, 0.5) is 11.6 Å². The molecule has 1 unspecified atom stereocenters. The molecule has 16 heavy (non-hydrogen) atoms. The van der Waals surface area contributed by atoms with Gasteiger partial charge in [-0.25, -0.2) is 9.97 Å². The van der Waals surface area contributed by atoms with Crippen molar-refractivity contribution in [3.63, 3.8) is 0 Å². The number of hydrogen-bond donors (Lipinski definition) is 2. The lowest BCUT2D eigenvalue weighted by Crippen LogP contribution is -2.06. The van der Waals surface area contributed by atoms with Crippen LogP contribution < -0.4 is 11.5 Å². The molecule has 0 bridgehead atoms. The molecule has 0 saturated carbocycles. The van der Waals surface area contributed by atoms with E-state index < -0.39 is 0 Å². The fourth-order valence-electron chi connectivity index (χ4n) is 1.55. The maximum atomic E-state index is 5.64. The van der Waals surface area contributed by atoms with E-state index in [9.17, 15) is 0 Å². The molecule has 82 valence electrons. The molecule has 1 aromatic heterocycles. The third-order valence-corrected chi connectivity index (χ3v) is 2.59. The predicted octanol–water partition coefficient (Wildman–Crippen LogP) is 1.79. The first-order valence-electron chi connectivity index (χ1n) is 5.11. The third-order valence-electron chi connectivity index (χ3n) is 2.59. The van der Waals surface area contributed by atoms with E-state index in [0.29, 0.717) is 5.82 Å². The lowest BCUT2D eigenvalue weighted by molar-refractivity contribution is 0.862. The zero-order valence-electron chi connectivity index (χ0n) is 9.09. The Kier molecular flexibility index (Phi) is 2.72. The summed E-state index contributed by atoms with van der Waals surface area (Å²) in [6.45, 7) is 2.06. The van der Waals surface area contributed by atoms with Crippen molar-refractivity contribution < 1.29 is 0 Å². The first-order chi connectivity index (χ1) is 7.68. The van der Waals surface area contributed by atoms with Gasteiger partial charge in [0.2, 0.25) is 0 Å². The van der Waals surface area contributed by atoms with E-state index in [2.05, 4.69) is 29.0 Å². The molecule has 0 aliphatic heterocycles. The number of benzene rings is 1. The molecule has 0 spiro atoms. The molecule has 0 fully saturated rings. The Labute approximate surface area is 94.3 Å². The van der Waals surface area contributed by atoms with Crippen molar-refractivity contribution in [2.45, 2.75) is 12.8 Å². The van der Waals surface area contributed by atoms with Crippen molar-refractivity contribution in [2.75, 3.05) is 11.5 Å². The minimum Gasteiger partial charge on any atom is -0.381 e. The number of nitrogen functional groups attached to an aromatic ring is 2. The standard InChI is InChI=1S/C12H14N4/c1-8(9-5-3-2-4-6-9)10-7-15-11(13)12(14)16-10/h2-8H,1H3,(H2,13,15)(H2,14,16). The quantitative estimate of drug-likeness (QED) is 0.799. The van der Waals surface area contributed by atoms with Crippen molar-refractivity contribution in [3.8, 4) is 0 Å². The molecular formula is C12H14N4. The summed E-state index contributed by atoms with van der Waals surface area (Å²) in [5, 5.41) is 0. The zero-order chi connectivity index (χ0) is 11.5. The second-order valence-corrected chi connectivity index (χ2v) is 3.70. The highest BCUT2D eigenvalue weighted by atomic mass is 15.0. The summed E-state index contributed by atoms with van der Waals surface area (Å²) in [5.74, 6) is 0.737. The third kappa shape index (κ3) is 1.95. The molecule has 4 heteroatoms. The van der Waals surface area contributed by atoms with Crippen LogP contribution in [0.5, 0.6) is 0 Å². The highest BCUT2D eigenvalue weighted by Gasteiger charge is 2.11. The van der Waals surface area contributed by atoms with Crippen LogP contribution in [0, 0.1) is 0 Å². The lowest BCUT2D eigenvalue weighted by atomic mass is 9.98. The number of rotatable bonds is 2. The van der Waals surface area contributed by atoms with Crippen molar-refractivity contribution in [1.82, 2.24) is 9.97 Å². The molecule has 0 aliphatic carbocycles. The van der Waals surface area contributed by atoms with Gasteiger partial charge in [-0.2, -0.15) is 0 Å². The molecule has 1 atom stereocenters. The van der Waals surface area contributed by atoms with E-state index in [1.165, 1.54) is 5.56 Å². The van der Waals surface area contributed by atoms with Gasteiger partial charge in [-0.3, -0.25) is 0 Å². The molecule has 0 saturated heterocycles. The predicted molar refractivity (Wildman–Crippen MR) is 64.8 cm³/mol. The number of anilines is 2. The Morgan fingerprint density at radius 2 is 1.75 bits per heavy atom. The van der Waals surface area contributed by atoms with Crippen LogP contribution in [0.2, 0.25) is 0 Å². The van der Waals surface area contributed by atoms with Crippen LogP contribution >= 0.6 is 0 Å². The SMILES string of the molecule is CC(c1ccccc1)c1cnc(N)c(N)n1. The topological polar surface area (TPSA) is 77.8 Å². The number of hydrogen-bond acceptors (Lipinski definition) is 4. The number of nitrogens with two attached hydrogens (primary N) is 2. The average Bonchev–Trinajstić information content (AvgIpc) is 2.33. The largest absolute Gasteiger partial charge is 0.381 e. The van der Waals surface area contributed by atoms with E-state index in [4.69, 9.17) is 11.5 Å². The second kappa shape index (κ2) is 4.18. The normalized spacial score (nSPS) is 12.3. The highest BCUT2D eigenvalue weighted by molar-refractivity contribution is 5.52. The summed E-state index contributed by atoms with van der Waals surface area (Å²) in [6.07, 6.45) is 1.67. The van der Waals surface area contributed by atoms with Crippen molar-refractivity contribution in [1.29, 1.82) is 0 Å². The van der Waals surface area contributed by atoms with Gasteiger partial charge in [-0.15, -0.1) is 0 Å². The van der Waals surface area contributed by atoms with Crippen LogP contribution in [-0.2, 0) is 0 Å². The molecule has 4 nitrogen and oxygen atoms in total. The van der Waals surface area contributed by atoms with E-state index in [0.717, 1.165) is 5.69 Å². The highest BCUT2D eigenvalue weighted by Crippen LogP contribution is 2.23. The lowest BCUT2D eigenvalue weighted by Gasteiger charge is -2.11. The number of aromatic nitrogens is 2. The molecule has 0 aliphatic rings. The summed E-state index contributed by atoms with van der Waals surface area (Å²) in [5.41, 5.74) is 13.2. The molecule has 2 aromatic rings. The summed E-state index contributed by atoms with van der Waals surface area (Å²) in [7, 11) is 0. The van der Waals surface area contributed by atoms with Gasteiger partial charge in [-0.05, 0) is 5.56 Å². The van der Waals surface area contributed by atoms with Gasteiger partial charge in [0, 0.05) is 5.92 Å². The Bertz CT molecular complexity index is 482. The Morgan fingerprint density at radius 1 is 1.06 bits per heavy atom. The van der Waals surface area contributed by atoms with Crippen molar-refractivity contribution in [3.05, 3.63) is 47.8 Å². The van der Waals surface area contributed by atoms with Crippen LogP contribution in [0.1, 0.15) is 24.1 Å². The zero-order valence-corrected chi connectivity index (χ0v) is 9.09. The van der Waals surface area contributed by atoms with Crippen molar-refractivity contribution in [2.24, 2.45) is 0 Å². The van der Waals surface area contributed by atoms with E-state index in [1.807, 2.05) is 18.2 Å². The second-order valence-electron chi connectivity index (χ2n) is 3.70. The van der Waals surface area contributed by atoms with E-state index >= 15 is 0 Å². The van der Waals surface area contributed by atoms with Gasteiger partial charge in [0.1, 0.15) is 0 Å². The first kappa shape index (κ1) is 10.4. The smallest absolute Gasteiger partial charge is 0.166 e. The summed E-state index contributed by atoms with van der Waals surface area (Å²) >= 11 is 0. The molecular weight excluding hydrogens is 200 g/mol. The Hall–Kier alpha value is -2.10. The minimum absolute atomic E-state index is 0.164. The molecule has 1 heterocycles. The van der Waals surface area contributed by atoms with Gasteiger partial charge in [-0.1, -0.05) is 37.3 Å². The molecule has 1 aromatic carbocycles. The van der Waals surface area contributed by atoms with Gasteiger partial charge in [0.15, 0.2) is 11.6 Å². The molecule has 0 radical (unpaired) electrons. The number of nitrogens with zero attached hydrogens (tertiary/aromatic N) is 2. The van der Waals surface area contributed by atoms with Gasteiger partial charge < -0.3 is 11.5 Å². The maximum absolute atomic E-state index is 5.64. The maximum Gasteiger partial charge on any atom is 0.166 e. The summed E-state index contributed by atoms with van der Waals surface area (Å²) in [6, 6.07) is 10.1. The van der Waals surface area contributed by atoms with Gasteiger partial charge in [0.25, 0.3) is 0 Å². The Morgan fingerprint density at radius 3 is 2.38 bits per heavy atom. The van der Waals surface area contributed by atoms with Crippen LogP contribution in [-0.4, -0.2) is 9.97 Å².